The Hall–Kier alpha value is -1.85. The molecule has 0 aliphatic rings. The van der Waals surface area contributed by atoms with E-state index >= 15 is 0 Å². The van der Waals surface area contributed by atoms with Crippen molar-refractivity contribution in [1.29, 1.82) is 0 Å². The van der Waals surface area contributed by atoms with Gasteiger partial charge < -0.3 is 16.5 Å². The summed E-state index contributed by atoms with van der Waals surface area (Å²) >= 11 is 0. The summed E-state index contributed by atoms with van der Waals surface area (Å²) in [7, 11) is 0. The van der Waals surface area contributed by atoms with Crippen molar-refractivity contribution in [3.05, 3.63) is 17.7 Å². The molecule has 0 radical (unpaired) electrons. The van der Waals surface area contributed by atoms with Gasteiger partial charge in [0.15, 0.2) is 5.95 Å². The van der Waals surface area contributed by atoms with E-state index < -0.39 is 6.43 Å². The fourth-order valence-corrected chi connectivity index (χ4v) is 1.35. The number of nitrogens with zero attached hydrogens (tertiary/aromatic N) is 1. The van der Waals surface area contributed by atoms with Crippen molar-refractivity contribution < 1.29 is 8.78 Å². The molecule has 2 rings (SSSR count). The average Bonchev–Trinajstić information content (AvgIpc) is 2.42. The summed E-state index contributed by atoms with van der Waals surface area (Å²) in [6.07, 6.45) is -2.61. The minimum Gasteiger partial charge on any atom is -0.399 e. The van der Waals surface area contributed by atoms with Crippen molar-refractivity contribution >= 4 is 22.7 Å². The highest BCUT2D eigenvalue weighted by atomic mass is 19.3. The van der Waals surface area contributed by atoms with E-state index in [1.807, 2.05) is 0 Å². The van der Waals surface area contributed by atoms with Crippen molar-refractivity contribution in [3.63, 3.8) is 0 Å². The number of hydrogen-bond donors (Lipinski definition) is 3. The number of nitrogens with two attached hydrogens (primary N) is 2. The first-order chi connectivity index (χ1) is 6.58. The van der Waals surface area contributed by atoms with Gasteiger partial charge in [0.05, 0.1) is 11.0 Å². The predicted octanol–water partition coefficient (Wildman–Crippen LogP) is 1.66. The van der Waals surface area contributed by atoms with Gasteiger partial charge in [-0.2, -0.15) is 0 Å². The molecule has 4 nitrogen and oxygen atoms in total. The molecule has 0 aliphatic heterocycles. The SMILES string of the molecule is Nc1cc(C(F)F)c2nc(N)[nH]c2c1. The van der Waals surface area contributed by atoms with Crippen LogP contribution in [0, 0.1) is 0 Å². The van der Waals surface area contributed by atoms with E-state index in [1.165, 1.54) is 12.1 Å². The van der Waals surface area contributed by atoms with Gasteiger partial charge >= 0.3 is 0 Å². The summed E-state index contributed by atoms with van der Waals surface area (Å²) < 4.78 is 25.1. The molecule has 0 aliphatic carbocycles. The zero-order chi connectivity index (χ0) is 10.3. The third-order valence-corrected chi connectivity index (χ3v) is 1.89. The number of fused-ring (bicyclic) bond motifs is 1. The Balaban J connectivity index is 2.79. The number of alkyl halides is 2. The van der Waals surface area contributed by atoms with Crippen LogP contribution in [0.3, 0.4) is 0 Å². The topological polar surface area (TPSA) is 80.7 Å². The molecule has 0 bridgehead atoms. The van der Waals surface area contributed by atoms with Crippen LogP contribution in [0.25, 0.3) is 11.0 Å². The Morgan fingerprint density at radius 3 is 2.64 bits per heavy atom. The van der Waals surface area contributed by atoms with Gasteiger partial charge in [-0.05, 0) is 12.1 Å². The van der Waals surface area contributed by atoms with E-state index in [0.29, 0.717) is 5.52 Å². The lowest BCUT2D eigenvalue weighted by molar-refractivity contribution is 0.153. The van der Waals surface area contributed by atoms with Gasteiger partial charge in [0.2, 0.25) is 0 Å². The normalized spacial score (nSPS) is 11.4. The summed E-state index contributed by atoms with van der Waals surface area (Å²) in [5.41, 5.74) is 11.5. The molecule has 14 heavy (non-hydrogen) atoms. The molecule has 0 atom stereocenters. The number of nitrogen functional groups attached to an aromatic ring is 2. The quantitative estimate of drug-likeness (QED) is 0.609. The lowest BCUT2D eigenvalue weighted by atomic mass is 10.1. The van der Waals surface area contributed by atoms with Crippen molar-refractivity contribution in [1.82, 2.24) is 9.97 Å². The molecule has 1 heterocycles. The molecule has 1 aromatic heterocycles. The molecule has 0 spiro atoms. The van der Waals surface area contributed by atoms with Crippen molar-refractivity contribution in [2.75, 3.05) is 11.5 Å². The summed E-state index contributed by atoms with van der Waals surface area (Å²) in [6.45, 7) is 0. The van der Waals surface area contributed by atoms with Gasteiger partial charge in [0.1, 0.15) is 0 Å². The standard InChI is InChI=1S/C8H8F2N4/c9-7(10)4-1-3(11)2-5-6(4)14-8(12)13-5/h1-2,7H,11H2,(H3,12,13,14). The number of anilines is 2. The first-order valence-electron chi connectivity index (χ1n) is 3.90. The minimum absolute atomic E-state index is 0.104. The molecule has 0 amide bonds. The fraction of sp³-hybridized carbons (Fsp3) is 0.125. The first kappa shape index (κ1) is 8.74. The number of aromatic nitrogens is 2. The maximum absolute atomic E-state index is 12.5. The van der Waals surface area contributed by atoms with Gasteiger partial charge in [0, 0.05) is 11.3 Å². The number of aromatic amines is 1. The van der Waals surface area contributed by atoms with E-state index in [0.717, 1.165) is 0 Å². The summed E-state index contributed by atoms with van der Waals surface area (Å²) in [5, 5.41) is 0. The van der Waals surface area contributed by atoms with Gasteiger partial charge in [-0.25, -0.2) is 13.8 Å². The van der Waals surface area contributed by atoms with E-state index in [4.69, 9.17) is 11.5 Å². The van der Waals surface area contributed by atoms with Crippen LogP contribution in [-0.2, 0) is 0 Å². The zero-order valence-corrected chi connectivity index (χ0v) is 7.09. The van der Waals surface area contributed by atoms with Crippen molar-refractivity contribution in [2.45, 2.75) is 6.43 Å². The molecule has 1 aromatic carbocycles. The van der Waals surface area contributed by atoms with Crippen molar-refractivity contribution in [2.24, 2.45) is 0 Å². The van der Waals surface area contributed by atoms with E-state index in [2.05, 4.69) is 9.97 Å². The number of halogens is 2. The number of nitrogens with one attached hydrogen (secondary N) is 1. The number of H-pyrrole nitrogens is 1. The smallest absolute Gasteiger partial charge is 0.266 e. The third kappa shape index (κ3) is 1.24. The largest absolute Gasteiger partial charge is 0.399 e. The summed E-state index contributed by atoms with van der Waals surface area (Å²) in [4.78, 5) is 6.41. The molecule has 0 unspecified atom stereocenters. The maximum atomic E-state index is 12.5. The van der Waals surface area contributed by atoms with Crippen LogP contribution < -0.4 is 11.5 Å². The zero-order valence-electron chi connectivity index (χ0n) is 7.09. The van der Waals surface area contributed by atoms with Gasteiger partial charge in [-0.15, -0.1) is 0 Å². The second kappa shape index (κ2) is 2.83. The number of hydrogen-bond acceptors (Lipinski definition) is 3. The lowest BCUT2D eigenvalue weighted by Crippen LogP contribution is -1.91. The Bertz CT molecular complexity index is 477. The fourth-order valence-electron chi connectivity index (χ4n) is 1.35. The molecule has 2 aromatic rings. The first-order valence-corrected chi connectivity index (χ1v) is 3.90. The van der Waals surface area contributed by atoms with E-state index in [9.17, 15) is 8.78 Å². The number of imidazole rings is 1. The van der Waals surface area contributed by atoms with Crippen molar-refractivity contribution in [3.8, 4) is 0 Å². The second-order valence-electron chi connectivity index (χ2n) is 2.93. The highest BCUT2D eigenvalue weighted by Crippen LogP contribution is 2.29. The molecular weight excluding hydrogens is 190 g/mol. The lowest BCUT2D eigenvalue weighted by Gasteiger charge is -2.01. The maximum Gasteiger partial charge on any atom is 0.266 e. The highest BCUT2D eigenvalue weighted by molar-refractivity contribution is 5.84. The minimum atomic E-state index is -2.61. The highest BCUT2D eigenvalue weighted by Gasteiger charge is 2.15. The van der Waals surface area contributed by atoms with Gasteiger partial charge in [-0.3, -0.25) is 0 Å². The van der Waals surface area contributed by atoms with Crippen LogP contribution in [0.15, 0.2) is 12.1 Å². The van der Waals surface area contributed by atoms with Gasteiger partial charge in [0.25, 0.3) is 6.43 Å². The molecule has 74 valence electrons. The Labute approximate surface area is 77.9 Å². The van der Waals surface area contributed by atoms with E-state index in [1.54, 1.807) is 0 Å². The Morgan fingerprint density at radius 2 is 2.00 bits per heavy atom. The second-order valence-corrected chi connectivity index (χ2v) is 2.93. The van der Waals surface area contributed by atoms with Crippen LogP contribution in [-0.4, -0.2) is 9.97 Å². The van der Waals surface area contributed by atoms with Crippen LogP contribution in [0.4, 0.5) is 20.4 Å². The van der Waals surface area contributed by atoms with Crippen LogP contribution in [0.1, 0.15) is 12.0 Å². The van der Waals surface area contributed by atoms with Crippen LogP contribution in [0.5, 0.6) is 0 Å². The molecular formula is C8H8F2N4. The molecule has 5 N–H and O–H groups in total. The molecule has 0 saturated heterocycles. The van der Waals surface area contributed by atoms with Crippen LogP contribution >= 0.6 is 0 Å². The Kier molecular flexibility index (Phi) is 1.77. The molecule has 6 heteroatoms. The Morgan fingerprint density at radius 1 is 1.29 bits per heavy atom. The number of benzene rings is 1. The molecule has 0 fully saturated rings. The van der Waals surface area contributed by atoms with E-state index in [-0.39, 0.29) is 22.7 Å². The monoisotopic (exact) mass is 198 g/mol. The summed E-state index contributed by atoms with van der Waals surface area (Å²) in [6, 6.07) is 2.72. The number of rotatable bonds is 1. The van der Waals surface area contributed by atoms with Gasteiger partial charge in [-0.1, -0.05) is 0 Å². The van der Waals surface area contributed by atoms with Crippen LogP contribution in [0.2, 0.25) is 0 Å². The average molecular weight is 198 g/mol. The third-order valence-electron chi connectivity index (χ3n) is 1.89. The predicted molar refractivity (Wildman–Crippen MR) is 49.9 cm³/mol. The molecule has 0 saturated carbocycles. The summed E-state index contributed by atoms with van der Waals surface area (Å²) in [5.74, 6) is 0.104.